The highest BCUT2D eigenvalue weighted by molar-refractivity contribution is 6.07. The molecule has 0 aliphatic carbocycles. The van der Waals surface area contributed by atoms with Gasteiger partial charge in [-0.05, 0) is 62.5 Å². The maximum Gasteiger partial charge on any atom is 0.121 e. The first-order chi connectivity index (χ1) is 12.3. The van der Waals surface area contributed by atoms with E-state index in [-0.39, 0.29) is 12.4 Å². The quantitative estimate of drug-likeness (QED) is 0.646. The third-order valence-electron chi connectivity index (χ3n) is 5.96. The van der Waals surface area contributed by atoms with Crippen LogP contribution in [0.15, 0.2) is 53.6 Å². The summed E-state index contributed by atoms with van der Waals surface area (Å²) in [6.07, 6.45) is 2.65. The fraction of sp³-hybridized carbons (Fsp3) is 0.364. The van der Waals surface area contributed by atoms with Gasteiger partial charge in [-0.2, -0.15) is 0 Å². The molecule has 4 heteroatoms. The summed E-state index contributed by atoms with van der Waals surface area (Å²) in [5, 5.41) is 2.53. The number of nitrogens with one attached hydrogen (secondary N) is 1. The van der Waals surface area contributed by atoms with Crippen molar-refractivity contribution in [3.63, 3.8) is 0 Å². The zero-order chi connectivity index (χ0) is 16.8. The van der Waals surface area contributed by atoms with Crippen molar-refractivity contribution in [2.75, 3.05) is 26.2 Å². The van der Waals surface area contributed by atoms with Crippen molar-refractivity contribution in [2.45, 2.75) is 19.8 Å². The van der Waals surface area contributed by atoms with Crippen LogP contribution >= 0.6 is 12.4 Å². The number of piperidine rings is 3. The van der Waals surface area contributed by atoms with Gasteiger partial charge in [0.15, 0.2) is 0 Å². The van der Waals surface area contributed by atoms with E-state index in [1.165, 1.54) is 47.8 Å². The Hall–Kier alpha value is -1.97. The lowest BCUT2D eigenvalue weighted by Gasteiger charge is -2.42. The lowest BCUT2D eigenvalue weighted by molar-refractivity contribution is 0.158. The van der Waals surface area contributed by atoms with Crippen LogP contribution in [0.1, 0.15) is 19.8 Å². The highest BCUT2D eigenvalue weighted by Crippen LogP contribution is 2.34. The van der Waals surface area contributed by atoms with Gasteiger partial charge in [-0.1, -0.05) is 23.8 Å². The Bertz CT molecular complexity index is 967. The maximum atomic E-state index is 6.14. The average molecular weight is 369 g/mol. The number of nitrogens with zero attached hydrogens (tertiary/aromatic N) is 1. The van der Waals surface area contributed by atoms with E-state index in [1.807, 2.05) is 0 Å². The normalized spacial score (nSPS) is 23.9. The number of halogens is 1. The van der Waals surface area contributed by atoms with E-state index in [0.717, 1.165) is 23.7 Å². The van der Waals surface area contributed by atoms with Crippen molar-refractivity contribution in [2.24, 2.45) is 5.92 Å². The van der Waals surface area contributed by atoms with Crippen LogP contribution in [0.25, 0.3) is 21.8 Å². The number of aromatic nitrogens is 1. The standard InChI is InChI=1S/C22H24N2O.ClH/c1-15(20-13-24-10-8-16(20)9-11-24)14-25-17-6-7-19-18-4-2-3-5-21(18)23-22(19)12-17;/h2-7,12,16,23H,8-11,13-14H2,1H3;1H/b20-15+;. The van der Waals surface area contributed by atoms with E-state index in [0.29, 0.717) is 6.61 Å². The molecule has 136 valence electrons. The van der Waals surface area contributed by atoms with E-state index in [4.69, 9.17) is 4.74 Å². The summed E-state index contributed by atoms with van der Waals surface area (Å²) >= 11 is 0. The third kappa shape index (κ3) is 3.00. The van der Waals surface area contributed by atoms with Gasteiger partial charge in [0.2, 0.25) is 0 Å². The van der Waals surface area contributed by atoms with Crippen LogP contribution in [0.2, 0.25) is 0 Å². The summed E-state index contributed by atoms with van der Waals surface area (Å²) in [5.41, 5.74) is 5.38. The molecule has 26 heavy (non-hydrogen) atoms. The van der Waals surface area contributed by atoms with Gasteiger partial charge in [0.1, 0.15) is 12.4 Å². The van der Waals surface area contributed by atoms with Gasteiger partial charge >= 0.3 is 0 Å². The zero-order valence-corrected chi connectivity index (χ0v) is 15.9. The second-order valence-electron chi connectivity index (χ2n) is 7.52. The summed E-state index contributed by atoms with van der Waals surface area (Å²) in [4.78, 5) is 6.07. The number of hydrogen-bond acceptors (Lipinski definition) is 2. The largest absolute Gasteiger partial charge is 0.489 e. The lowest BCUT2D eigenvalue weighted by atomic mass is 9.81. The molecular weight excluding hydrogens is 344 g/mol. The van der Waals surface area contributed by atoms with E-state index in [1.54, 1.807) is 5.57 Å². The number of aromatic amines is 1. The molecule has 0 unspecified atom stereocenters. The number of H-pyrrole nitrogens is 1. The molecule has 0 saturated carbocycles. The molecule has 0 amide bonds. The first-order valence-electron chi connectivity index (χ1n) is 9.32. The maximum absolute atomic E-state index is 6.14. The minimum absolute atomic E-state index is 0. The van der Waals surface area contributed by atoms with Crippen LogP contribution in [0.5, 0.6) is 5.75 Å². The number of rotatable bonds is 3. The molecule has 2 bridgehead atoms. The highest BCUT2D eigenvalue weighted by atomic mass is 35.5. The molecule has 0 atom stereocenters. The number of benzene rings is 2. The summed E-state index contributed by atoms with van der Waals surface area (Å²) in [6, 6.07) is 14.8. The molecule has 3 aliphatic heterocycles. The summed E-state index contributed by atoms with van der Waals surface area (Å²) in [5.74, 6) is 1.74. The Balaban J connectivity index is 0.00000168. The number of fused-ring (bicyclic) bond motifs is 6. The highest BCUT2D eigenvalue weighted by Gasteiger charge is 2.30. The molecule has 3 fully saturated rings. The van der Waals surface area contributed by atoms with Crippen molar-refractivity contribution >= 4 is 34.2 Å². The van der Waals surface area contributed by atoms with Crippen LogP contribution in [0.4, 0.5) is 0 Å². The first-order valence-corrected chi connectivity index (χ1v) is 9.32. The number of ether oxygens (including phenoxy) is 1. The molecular formula is C22H25ClN2O. The predicted octanol–water partition coefficient (Wildman–Crippen LogP) is 5.16. The molecule has 1 aromatic heterocycles. The van der Waals surface area contributed by atoms with Gasteiger partial charge in [0.05, 0.1) is 5.52 Å². The van der Waals surface area contributed by atoms with Crippen LogP contribution < -0.4 is 4.74 Å². The van der Waals surface area contributed by atoms with Gasteiger partial charge in [-0.15, -0.1) is 12.4 Å². The average Bonchev–Trinajstić information content (AvgIpc) is 3.04. The second kappa shape index (κ2) is 6.98. The van der Waals surface area contributed by atoms with Crippen LogP contribution in [-0.4, -0.2) is 36.1 Å². The SMILES string of the molecule is C/C(COc1ccc2c(c1)[nH]c1ccccc12)=C1/CN2CCC1CC2.Cl. The topological polar surface area (TPSA) is 28.3 Å². The lowest BCUT2D eigenvalue weighted by Crippen LogP contribution is -2.43. The summed E-state index contributed by atoms with van der Waals surface area (Å²) < 4.78 is 6.14. The van der Waals surface area contributed by atoms with Gasteiger partial charge in [-0.25, -0.2) is 0 Å². The van der Waals surface area contributed by atoms with E-state index in [9.17, 15) is 0 Å². The van der Waals surface area contributed by atoms with Crippen molar-refractivity contribution in [1.29, 1.82) is 0 Å². The Kier molecular flexibility index (Phi) is 4.68. The predicted molar refractivity (Wildman–Crippen MR) is 110 cm³/mol. The molecule has 0 spiro atoms. The molecule has 3 aliphatic rings. The minimum Gasteiger partial charge on any atom is -0.489 e. The Morgan fingerprint density at radius 3 is 2.62 bits per heavy atom. The van der Waals surface area contributed by atoms with E-state index >= 15 is 0 Å². The number of para-hydroxylation sites is 1. The fourth-order valence-corrected chi connectivity index (χ4v) is 4.50. The molecule has 4 heterocycles. The Labute approximate surface area is 160 Å². The molecule has 3 aromatic rings. The molecule has 0 radical (unpaired) electrons. The van der Waals surface area contributed by atoms with Crippen molar-refractivity contribution in [3.05, 3.63) is 53.6 Å². The summed E-state index contributed by atoms with van der Waals surface area (Å²) in [7, 11) is 0. The van der Waals surface area contributed by atoms with Crippen LogP contribution in [-0.2, 0) is 0 Å². The monoisotopic (exact) mass is 368 g/mol. The zero-order valence-electron chi connectivity index (χ0n) is 15.1. The Morgan fingerprint density at radius 2 is 1.85 bits per heavy atom. The molecule has 6 rings (SSSR count). The van der Waals surface area contributed by atoms with Gasteiger partial charge in [0, 0.05) is 28.9 Å². The van der Waals surface area contributed by atoms with Crippen LogP contribution in [0, 0.1) is 5.92 Å². The molecule has 3 saturated heterocycles. The van der Waals surface area contributed by atoms with E-state index < -0.39 is 0 Å². The minimum atomic E-state index is 0. The van der Waals surface area contributed by atoms with Gasteiger partial charge in [0.25, 0.3) is 0 Å². The third-order valence-corrected chi connectivity index (χ3v) is 5.96. The Morgan fingerprint density at radius 1 is 1.08 bits per heavy atom. The van der Waals surface area contributed by atoms with E-state index in [2.05, 4.69) is 59.3 Å². The smallest absolute Gasteiger partial charge is 0.121 e. The molecule has 1 N–H and O–H groups in total. The molecule has 3 nitrogen and oxygen atoms in total. The first kappa shape index (κ1) is 17.4. The van der Waals surface area contributed by atoms with Gasteiger partial charge < -0.3 is 9.72 Å². The second-order valence-corrected chi connectivity index (χ2v) is 7.52. The fourth-order valence-electron chi connectivity index (χ4n) is 4.50. The van der Waals surface area contributed by atoms with Crippen molar-refractivity contribution < 1.29 is 4.74 Å². The summed E-state index contributed by atoms with van der Waals surface area (Å²) in [6.45, 7) is 6.66. The van der Waals surface area contributed by atoms with Gasteiger partial charge in [-0.3, -0.25) is 4.90 Å². The van der Waals surface area contributed by atoms with Crippen LogP contribution in [0.3, 0.4) is 0 Å². The molecule has 2 aromatic carbocycles. The van der Waals surface area contributed by atoms with Crippen molar-refractivity contribution in [3.8, 4) is 5.75 Å². The number of hydrogen-bond donors (Lipinski definition) is 1. The van der Waals surface area contributed by atoms with Crippen molar-refractivity contribution in [1.82, 2.24) is 9.88 Å².